The number of aliphatic hydroxyl groups excluding tert-OH is 1. The van der Waals surface area contributed by atoms with Crippen LogP contribution >= 0.6 is 0 Å². The van der Waals surface area contributed by atoms with E-state index in [-0.39, 0.29) is 6.61 Å². The fourth-order valence-corrected chi connectivity index (χ4v) is 1.00. The molecular formula is C7H9N5O2. The van der Waals surface area contributed by atoms with Crippen molar-refractivity contribution in [3.05, 3.63) is 12.1 Å². The van der Waals surface area contributed by atoms with Gasteiger partial charge < -0.3 is 9.63 Å². The van der Waals surface area contributed by atoms with Crippen LogP contribution in [0.15, 0.2) is 10.7 Å². The lowest BCUT2D eigenvalue weighted by Gasteiger charge is -1.87. The van der Waals surface area contributed by atoms with Crippen LogP contribution in [0.5, 0.6) is 0 Å². The highest BCUT2D eigenvalue weighted by molar-refractivity contribution is 5.44. The van der Waals surface area contributed by atoms with Crippen LogP contribution in [0.2, 0.25) is 0 Å². The molecule has 0 aliphatic heterocycles. The van der Waals surface area contributed by atoms with Crippen molar-refractivity contribution in [3.63, 3.8) is 0 Å². The van der Waals surface area contributed by atoms with Gasteiger partial charge in [-0.25, -0.2) is 0 Å². The number of nitrogens with zero attached hydrogens (tertiary/aromatic N) is 4. The fraction of sp³-hybridized carbons (Fsp3) is 0.429. The third kappa shape index (κ3) is 1.77. The second-order valence-electron chi connectivity index (χ2n) is 2.69. The van der Waals surface area contributed by atoms with E-state index in [2.05, 4.69) is 25.6 Å². The van der Waals surface area contributed by atoms with Crippen molar-refractivity contribution in [3.8, 4) is 11.5 Å². The van der Waals surface area contributed by atoms with Crippen molar-refractivity contribution in [2.45, 2.75) is 12.8 Å². The smallest absolute Gasteiger partial charge is 0.227 e. The molecule has 0 spiro atoms. The second kappa shape index (κ2) is 3.97. The molecule has 2 rings (SSSR count). The van der Waals surface area contributed by atoms with Crippen LogP contribution in [0.25, 0.3) is 11.5 Å². The summed E-state index contributed by atoms with van der Waals surface area (Å²) in [4.78, 5) is 4.08. The first-order valence-corrected chi connectivity index (χ1v) is 4.19. The summed E-state index contributed by atoms with van der Waals surface area (Å²) < 4.78 is 4.94. The highest BCUT2D eigenvalue weighted by atomic mass is 16.5. The maximum absolute atomic E-state index is 8.60. The number of nitrogens with one attached hydrogen (secondary N) is 1. The summed E-state index contributed by atoms with van der Waals surface area (Å²) >= 11 is 0. The van der Waals surface area contributed by atoms with E-state index in [4.69, 9.17) is 9.63 Å². The first-order chi connectivity index (χ1) is 6.90. The van der Waals surface area contributed by atoms with Crippen molar-refractivity contribution in [1.29, 1.82) is 0 Å². The van der Waals surface area contributed by atoms with Crippen LogP contribution in [-0.2, 0) is 6.42 Å². The standard InChI is InChI=1S/C7H9N5O2/c13-3-1-2-6-9-7(11-14-6)5-4-8-12-10-5/h4,13H,1-3H2,(H,8,10,12). The predicted octanol–water partition coefficient (Wildman–Crippen LogP) is -0.220. The van der Waals surface area contributed by atoms with Gasteiger partial charge >= 0.3 is 0 Å². The SMILES string of the molecule is OCCCc1nc(-c2cn[nH]n2)no1. The number of H-pyrrole nitrogens is 1. The van der Waals surface area contributed by atoms with Gasteiger partial charge in [0.1, 0.15) is 0 Å². The Kier molecular flexibility index (Phi) is 2.50. The number of aromatic amines is 1. The van der Waals surface area contributed by atoms with Gasteiger partial charge in [-0.2, -0.15) is 20.4 Å². The highest BCUT2D eigenvalue weighted by Gasteiger charge is 2.09. The summed E-state index contributed by atoms with van der Waals surface area (Å²) in [6.45, 7) is 0.113. The van der Waals surface area contributed by atoms with Crippen LogP contribution in [-0.4, -0.2) is 37.3 Å². The van der Waals surface area contributed by atoms with E-state index in [0.29, 0.717) is 30.3 Å². The Balaban J connectivity index is 2.10. The first-order valence-electron chi connectivity index (χ1n) is 4.19. The molecule has 2 heterocycles. The van der Waals surface area contributed by atoms with Gasteiger partial charge in [0, 0.05) is 13.0 Å². The molecule has 0 saturated carbocycles. The Morgan fingerprint density at radius 2 is 2.43 bits per heavy atom. The average molecular weight is 195 g/mol. The topological polar surface area (TPSA) is 101 Å². The molecule has 0 radical (unpaired) electrons. The van der Waals surface area contributed by atoms with Crippen molar-refractivity contribution in [1.82, 2.24) is 25.6 Å². The molecule has 0 unspecified atom stereocenters. The molecule has 0 aromatic carbocycles. The van der Waals surface area contributed by atoms with Gasteiger partial charge in [0.2, 0.25) is 11.7 Å². The average Bonchev–Trinajstić information content (AvgIpc) is 2.85. The molecule has 0 amide bonds. The van der Waals surface area contributed by atoms with Gasteiger partial charge in [-0.15, -0.1) is 0 Å². The minimum Gasteiger partial charge on any atom is -0.396 e. The monoisotopic (exact) mass is 195 g/mol. The van der Waals surface area contributed by atoms with E-state index in [1.54, 1.807) is 0 Å². The normalized spacial score (nSPS) is 10.6. The second-order valence-corrected chi connectivity index (χ2v) is 2.69. The zero-order chi connectivity index (χ0) is 9.80. The summed E-state index contributed by atoms with van der Waals surface area (Å²) in [6, 6.07) is 0. The van der Waals surface area contributed by atoms with E-state index < -0.39 is 0 Å². The quantitative estimate of drug-likeness (QED) is 0.699. The lowest BCUT2D eigenvalue weighted by molar-refractivity contribution is 0.278. The summed E-state index contributed by atoms with van der Waals surface area (Å²) in [6.07, 6.45) is 2.70. The lowest BCUT2D eigenvalue weighted by Crippen LogP contribution is -1.89. The van der Waals surface area contributed by atoms with Gasteiger partial charge in [-0.1, -0.05) is 5.16 Å². The Labute approximate surface area is 79.1 Å². The molecule has 2 N–H and O–H groups in total. The summed E-state index contributed by atoms with van der Waals surface area (Å²) in [7, 11) is 0. The molecule has 74 valence electrons. The molecule has 7 nitrogen and oxygen atoms in total. The Hall–Kier alpha value is -1.76. The van der Waals surface area contributed by atoms with E-state index >= 15 is 0 Å². The summed E-state index contributed by atoms with van der Waals surface area (Å²) in [5.74, 6) is 0.906. The first kappa shape index (κ1) is 8.82. The predicted molar refractivity (Wildman–Crippen MR) is 45.1 cm³/mol. The molecule has 2 aromatic rings. The summed E-state index contributed by atoms with van der Waals surface area (Å²) in [5, 5.41) is 22.2. The van der Waals surface area contributed by atoms with E-state index in [0.717, 1.165) is 0 Å². The van der Waals surface area contributed by atoms with E-state index in [9.17, 15) is 0 Å². The number of rotatable bonds is 4. The number of aryl methyl sites for hydroxylation is 1. The fourth-order valence-electron chi connectivity index (χ4n) is 1.00. The number of aromatic nitrogens is 5. The third-order valence-corrected chi connectivity index (χ3v) is 1.66. The molecule has 0 atom stereocenters. The van der Waals surface area contributed by atoms with Crippen LogP contribution in [0, 0.1) is 0 Å². The molecule has 0 bridgehead atoms. The van der Waals surface area contributed by atoms with Gasteiger partial charge in [0.15, 0.2) is 5.69 Å². The minimum absolute atomic E-state index is 0.113. The van der Waals surface area contributed by atoms with Crippen LogP contribution in [0.3, 0.4) is 0 Å². The van der Waals surface area contributed by atoms with Crippen molar-refractivity contribution < 1.29 is 9.63 Å². The lowest BCUT2D eigenvalue weighted by atomic mass is 10.3. The Bertz CT molecular complexity index is 382. The molecule has 7 heteroatoms. The van der Waals surface area contributed by atoms with Crippen LogP contribution in [0.1, 0.15) is 12.3 Å². The zero-order valence-electron chi connectivity index (χ0n) is 7.34. The Morgan fingerprint density at radius 3 is 3.14 bits per heavy atom. The maximum Gasteiger partial charge on any atom is 0.227 e. The molecule has 0 saturated heterocycles. The van der Waals surface area contributed by atoms with E-state index in [1.807, 2.05) is 0 Å². The minimum atomic E-state index is 0.113. The van der Waals surface area contributed by atoms with Crippen molar-refractivity contribution in [2.24, 2.45) is 0 Å². The van der Waals surface area contributed by atoms with E-state index in [1.165, 1.54) is 6.20 Å². The molecule has 0 fully saturated rings. The number of aliphatic hydroxyl groups is 1. The van der Waals surface area contributed by atoms with Gasteiger partial charge in [-0.3, -0.25) is 0 Å². The molecule has 14 heavy (non-hydrogen) atoms. The van der Waals surface area contributed by atoms with Crippen LogP contribution < -0.4 is 0 Å². The van der Waals surface area contributed by atoms with Gasteiger partial charge in [0.05, 0.1) is 6.20 Å². The maximum atomic E-state index is 8.60. The molecule has 2 aromatic heterocycles. The molecular weight excluding hydrogens is 186 g/mol. The number of hydrogen-bond donors (Lipinski definition) is 2. The summed E-state index contributed by atoms with van der Waals surface area (Å²) in [5.41, 5.74) is 0.545. The third-order valence-electron chi connectivity index (χ3n) is 1.66. The largest absolute Gasteiger partial charge is 0.396 e. The van der Waals surface area contributed by atoms with Gasteiger partial charge in [-0.05, 0) is 6.42 Å². The molecule has 0 aliphatic carbocycles. The number of hydrogen-bond acceptors (Lipinski definition) is 6. The van der Waals surface area contributed by atoms with Crippen LogP contribution in [0.4, 0.5) is 0 Å². The van der Waals surface area contributed by atoms with Crippen molar-refractivity contribution in [2.75, 3.05) is 6.61 Å². The molecule has 0 aliphatic rings. The van der Waals surface area contributed by atoms with Crippen molar-refractivity contribution >= 4 is 0 Å². The Morgan fingerprint density at radius 1 is 1.50 bits per heavy atom. The zero-order valence-corrected chi connectivity index (χ0v) is 7.34. The van der Waals surface area contributed by atoms with Gasteiger partial charge in [0.25, 0.3) is 0 Å². The highest BCUT2D eigenvalue weighted by Crippen LogP contribution is 2.10.